The topological polar surface area (TPSA) is 160 Å². The smallest absolute Gasteiger partial charge is 0.358 e. The molecule has 15 nitrogen and oxygen atoms in total. The van der Waals surface area contributed by atoms with E-state index in [0.29, 0.717) is 45.9 Å². The molecule has 0 saturated carbocycles. The average molecular weight is 1670 g/mol. The summed E-state index contributed by atoms with van der Waals surface area (Å²) in [7, 11) is -1.48. The van der Waals surface area contributed by atoms with E-state index in [1.54, 1.807) is 66.5 Å². The highest BCUT2D eigenvalue weighted by Crippen LogP contribution is 2.45. The Labute approximate surface area is 732 Å². The fourth-order valence-corrected chi connectivity index (χ4v) is 18.5. The maximum atomic E-state index is 12.9. The van der Waals surface area contributed by atoms with Gasteiger partial charge in [-0.3, -0.25) is 33.7 Å². The maximum absolute atomic E-state index is 12.9. The lowest BCUT2D eigenvalue weighted by molar-refractivity contribution is -0.120. The highest BCUT2D eigenvalue weighted by molar-refractivity contribution is 7.90. The van der Waals surface area contributed by atoms with Crippen molar-refractivity contribution in [1.29, 1.82) is 0 Å². The van der Waals surface area contributed by atoms with Crippen LogP contribution in [0.25, 0.3) is 28.7 Å². The standard InChI is InChI=1S/C27H34N2.C25H31NO.C18H18N2O2S.C16H17N3O3.C13H18O.C8H10/c1-21-7-9-23(10-8-21)19-28-16-12-22(2)26(20-28)29-17-14-27(15-18-29)13-11-24-5-3-4-6-25(24)27;1-17-4-6-21(7-5-17)16-26-10-8-20(9-11-26)14-23-15-22-12-18(2)19(3)13-24(22)25(23)27;1-13-4-6-15(7-5-13)18-12-14(2)19-20(18)16-8-10-17(11-9-16)23(3,21)22;1-4-22-16(21)14-13-8-18(3)15(20)11-7-10(2)5-6-12(11)19(13)9-17-14;1-9-5-6-13(11(3)7-9)8-10(2)12(4)14;1-7-3-5-8(2)6-4-7/h3-11,13,22,26H,12,14-20H2,1-2H3;4-7,12-13,20,23H,8-11,14-16H2,1-3H3;4-12H,1-3H3;5-7,9H,4,8H2,1-3H3;5-7,10H,8H2,1-4H3;3-6H,1-2H3/t22-,26-;;;;10-;/m1...0./s1. The number of esters is 1. The number of likely N-dealkylation sites (tertiary alicyclic amines) is 3. The largest absolute Gasteiger partial charge is 0.461 e. The molecule has 4 aliphatic heterocycles. The van der Waals surface area contributed by atoms with Gasteiger partial charge in [0.1, 0.15) is 12.1 Å². The zero-order valence-corrected chi connectivity index (χ0v) is 76.6. The fourth-order valence-electron chi connectivity index (χ4n) is 17.9. The molecule has 0 bridgehead atoms. The molecule has 1 unspecified atom stereocenters. The number of imidazole rings is 1. The van der Waals surface area contributed by atoms with Crippen molar-refractivity contribution in [2.75, 3.05) is 59.2 Å². The number of benzene rings is 9. The molecule has 0 radical (unpaired) electrons. The highest BCUT2D eigenvalue weighted by Gasteiger charge is 2.42. The van der Waals surface area contributed by atoms with Crippen LogP contribution in [0.5, 0.6) is 0 Å². The van der Waals surface area contributed by atoms with Crippen molar-refractivity contribution in [3.05, 3.63) is 330 Å². The first-order valence-corrected chi connectivity index (χ1v) is 46.0. The SMILES string of the molecule is CC(=O)[C@@H](C)Cc1ccc(C)cc1C.CCOC(=O)c1ncn2c1CN(C)C(=O)c1cc(C)ccc1-2.Cc1ccc(-c2cc(C)nn2-c2ccc(S(C)(=O)=O)cc2)cc1.Cc1ccc(C)cc1.Cc1ccc(CN2CCC(CC3Cc4cc(C)c(C)cc4C3=O)CC2)cc1.Cc1ccc(CN2CC[C@@H](C)[C@H](N3CCC4(C=Cc5ccccc54)CC3)C2)cc1. The number of fused-ring (bicyclic) bond motifs is 6. The number of aryl methyl sites for hydroxylation is 11. The van der Waals surface area contributed by atoms with Gasteiger partial charge < -0.3 is 9.64 Å². The molecule has 11 aromatic rings. The molecule has 4 atom stereocenters. The third-order valence-electron chi connectivity index (χ3n) is 25.8. The van der Waals surface area contributed by atoms with Crippen LogP contribution in [-0.2, 0) is 57.3 Å². The van der Waals surface area contributed by atoms with E-state index in [4.69, 9.17) is 4.74 Å². The third-order valence-corrected chi connectivity index (χ3v) is 26.9. The van der Waals surface area contributed by atoms with E-state index < -0.39 is 15.8 Å². The number of Topliss-reactive ketones (excluding diaryl/α,β-unsaturated/α-hetero) is 2. The van der Waals surface area contributed by atoms with Crippen LogP contribution >= 0.6 is 0 Å². The second-order valence-corrected chi connectivity index (χ2v) is 37.8. The Hall–Kier alpha value is -10.8. The van der Waals surface area contributed by atoms with Crippen LogP contribution in [0.2, 0.25) is 0 Å². The number of hydrogen-bond acceptors (Lipinski definition) is 12. The molecule has 3 saturated heterocycles. The van der Waals surface area contributed by atoms with Gasteiger partial charge in [0.25, 0.3) is 5.91 Å². The number of carbonyl (C=O) groups is 4. The number of rotatable bonds is 15. The summed E-state index contributed by atoms with van der Waals surface area (Å²) < 4.78 is 31.8. The van der Waals surface area contributed by atoms with Gasteiger partial charge in [0.05, 0.1) is 52.1 Å². The van der Waals surface area contributed by atoms with Crippen LogP contribution in [0.15, 0.2) is 217 Å². The van der Waals surface area contributed by atoms with Crippen LogP contribution in [-0.4, -0.2) is 136 Å². The van der Waals surface area contributed by atoms with Crippen molar-refractivity contribution in [3.8, 4) is 22.6 Å². The van der Waals surface area contributed by atoms with Gasteiger partial charge in [-0.1, -0.05) is 217 Å². The first kappa shape index (κ1) is 91.5. The number of hydrogen-bond donors (Lipinski definition) is 0. The molecule has 6 heterocycles. The number of ketones is 2. The zero-order valence-electron chi connectivity index (χ0n) is 75.7. The van der Waals surface area contributed by atoms with Crippen LogP contribution in [0, 0.1) is 99.8 Å². The minimum Gasteiger partial charge on any atom is -0.461 e. The number of amides is 1. The minimum absolute atomic E-state index is 0.0720. The van der Waals surface area contributed by atoms with Gasteiger partial charge in [0.15, 0.2) is 21.3 Å². The maximum Gasteiger partial charge on any atom is 0.358 e. The molecule has 2 aliphatic carbocycles. The van der Waals surface area contributed by atoms with Crippen LogP contribution in [0.3, 0.4) is 0 Å². The molecule has 3 fully saturated rings. The number of ether oxygens (including phenoxy) is 1. The lowest BCUT2D eigenvalue weighted by atomic mass is 9.74. The van der Waals surface area contributed by atoms with Crippen molar-refractivity contribution < 1.29 is 32.3 Å². The Morgan fingerprint density at radius 3 is 1.77 bits per heavy atom. The Balaban J connectivity index is 0.000000139. The molecular formula is C107H128N8O7S. The molecule has 9 aromatic carbocycles. The normalized spacial score (nSPS) is 17.5. The summed E-state index contributed by atoms with van der Waals surface area (Å²) in [5.41, 5.74) is 28.5. The van der Waals surface area contributed by atoms with Gasteiger partial charge in [-0.15, -0.1) is 0 Å². The lowest BCUT2D eigenvalue weighted by Gasteiger charge is -2.48. The van der Waals surface area contributed by atoms with E-state index in [0.717, 1.165) is 90.8 Å². The van der Waals surface area contributed by atoms with Gasteiger partial charge in [0, 0.05) is 67.4 Å². The average Bonchev–Trinajstić information content (AvgIpc) is 1.60. The van der Waals surface area contributed by atoms with Gasteiger partial charge in [-0.2, -0.15) is 5.10 Å². The molecule has 123 heavy (non-hydrogen) atoms. The molecule has 644 valence electrons. The molecule has 1 amide bonds. The van der Waals surface area contributed by atoms with E-state index in [1.165, 1.54) is 142 Å². The molecule has 17 rings (SSSR count). The lowest BCUT2D eigenvalue weighted by Crippen LogP contribution is -2.55. The summed E-state index contributed by atoms with van der Waals surface area (Å²) >= 11 is 0. The number of nitrogens with zero attached hydrogens (tertiary/aromatic N) is 8. The van der Waals surface area contributed by atoms with Crippen LogP contribution in [0.1, 0.15) is 198 Å². The van der Waals surface area contributed by atoms with Crippen LogP contribution < -0.4 is 0 Å². The minimum atomic E-state index is -3.19. The van der Waals surface area contributed by atoms with Crippen molar-refractivity contribution in [2.24, 2.45) is 23.7 Å². The molecular weight excluding hydrogens is 1540 g/mol. The van der Waals surface area contributed by atoms with E-state index in [9.17, 15) is 27.6 Å². The van der Waals surface area contributed by atoms with Crippen LogP contribution in [0.4, 0.5) is 0 Å². The zero-order chi connectivity index (χ0) is 88.0. The first-order valence-electron chi connectivity index (χ1n) is 44.2. The second-order valence-electron chi connectivity index (χ2n) is 35.8. The monoisotopic (exact) mass is 1670 g/mol. The first-order chi connectivity index (χ1) is 58.8. The highest BCUT2D eigenvalue weighted by atomic mass is 32.2. The second kappa shape index (κ2) is 41.2. The van der Waals surface area contributed by atoms with Gasteiger partial charge >= 0.3 is 5.97 Å². The van der Waals surface area contributed by atoms with Gasteiger partial charge in [0.2, 0.25) is 0 Å². The van der Waals surface area contributed by atoms with E-state index >= 15 is 0 Å². The Morgan fingerprint density at radius 1 is 0.610 bits per heavy atom. The van der Waals surface area contributed by atoms with E-state index in [2.05, 4.69) is 258 Å². The molecule has 2 aromatic heterocycles. The summed E-state index contributed by atoms with van der Waals surface area (Å²) in [6.07, 6.45) is 16.8. The number of allylic oxidation sites excluding steroid dienone is 1. The Morgan fingerprint density at radius 2 is 1.17 bits per heavy atom. The summed E-state index contributed by atoms with van der Waals surface area (Å²) in [5, 5.41) is 4.54. The van der Waals surface area contributed by atoms with E-state index in [-0.39, 0.29) is 35.8 Å². The summed E-state index contributed by atoms with van der Waals surface area (Å²) in [6, 6.07) is 69.7. The van der Waals surface area contributed by atoms with Crippen molar-refractivity contribution >= 4 is 39.4 Å². The number of carbonyl (C=O) groups excluding carboxylic acids is 4. The number of sulfone groups is 1. The predicted molar refractivity (Wildman–Crippen MR) is 500 cm³/mol. The molecule has 1 spiro atoms. The van der Waals surface area contributed by atoms with Crippen molar-refractivity contribution in [3.63, 3.8) is 0 Å². The predicted octanol–water partition coefficient (Wildman–Crippen LogP) is 21.4. The summed E-state index contributed by atoms with van der Waals surface area (Å²) in [5.74, 6) is 1.98. The molecule has 0 N–H and O–H groups in total. The number of aromatic nitrogens is 4. The van der Waals surface area contributed by atoms with Crippen molar-refractivity contribution in [2.45, 2.75) is 191 Å². The van der Waals surface area contributed by atoms with Crippen molar-refractivity contribution in [1.82, 2.24) is 38.9 Å². The fraction of sp³-hybridized carbons (Fsp3) is 0.383. The molecule has 16 heteroatoms. The van der Waals surface area contributed by atoms with Gasteiger partial charge in [-0.25, -0.2) is 22.9 Å². The summed E-state index contributed by atoms with van der Waals surface area (Å²) in [4.78, 5) is 62.7. The Bertz CT molecular complexity index is 5610. The number of piperidine rings is 3. The van der Waals surface area contributed by atoms with E-state index in [1.807, 2.05) is 49.7 Å². The Kier molecular flexibility index (Phi) is 30.6. The molecule has 6 aliphatic rings. The van der Waals surface area contributed by atoms with Gasteiger partial charge in [-0.05, 0) is 285 Å². The quantitative estimate of drug-likeness (QED) is 0.0895. The summed E-state index contributed by atoms with van der Waals surface area (Å²) in [6.45, 7) is 40.7. The third kappa shape index (κ3) is 23.6.